The molecule has 1 unspecified atom stereocenters. The van der Waals surface area contributed by atoms with Crippen LogP contribution in [0.15, 0.2) is 47.5 Å². The molecule has 2 N–H and O–H groups in total. The summed E-state index contributed by atoms with van der Waals surface area (Å²) in [7, 11) is 4.70. The number of aliphatic hydroxyl groups is 1. The van der Waals surface area contributed by atoms with Crippen molar-refractivity contribution in [3.63, 3.8) is 0 Å². The number of carbonyl (C=O) groups excluding carboxylic acids is 1. The van der Waals surface area contributed by atoms with Crippen molar-refractivity contribution >= 4 is 12.2 Å². The molecule has 0 amide bonds. The summed E-state index contributed by atoms with van der Waals surface area (Å²) in [5.41, 5.74) is 2.90. The molecule has 1 atom stereocenters. The summed E-state index contributed by atoms with van der Waals surface area (Å²) in [4.78, 5) is 17.2. The second-order valence-corrected chi connectivity index (χ2v) is 17.2. The van der Waals surface area contributed by atoms with Gasteiger partial charge in [0.25, 0.3) is 0 Å². The Hall–Kier alpha value is -3.84. The molecule has 0 aliphatic rings. The second-order valence-electron chi connectivity index (χ2n) is 17.2. The highest BCUT2D eigenvalue weighted by Crippen LogP contribution is 2.48. The number of aliphatic imine (C=N–C) groups is 1. The maximum absolute atomic E-state index is 13.5. The molecule has 0 fully saturated rings. The predicted molar refractivity (Wildman–Crippen MR) is 200 cm³/mol. The van der Waals surface area contributed by atoms with E-state index in [4.69, 9.17) is 19.2 Å². The molecule has 0 saturated heterocycles. The summed E-state index contributed by atoms with van der Waals surface area (Å²) in [6.45, 7) is 27.6. The van der Waals surface area contributed by atoms with Gasteiger partial charge in [0.2, 0.25) is 0 Å². The van der Waals surface area contributed by atoms with Crippen molar-refractivity contribution < 1.29 is 29.2 Å². The lowest BCUT2D eigenvalue weighted by atomic mass is 9.71. The Morgan fingerprint density at radius 3 is 1.35 bits per heavy atom. The quantitative estimate of drug-likeness (QED) is 0.183. The molecule has 7 heteroatoms. The van der Waals surface area contributed by atoms with Gasteiger partial charge in [0.05, 0.1) is 32.9 Å². The van der Waals surface area contributed by atoms with Crippen LogP contribution in [0.4, 0.5) is 0 Å². The molecule has 3 aromatic carbocycles. The first-order chi connectivity index (χ1) is 22.3. The van der Waals surface area contributed by atoms with E-state index in [0.29, 0.717) is 16.7 Å². The van der Waals surface area contributed by atoms with E-state index in [9.17, 15) is 15.0 Å². The van der Waals surface area contributed by atoms with Crippen LogP contribution in [0.3, 0.4) is 0 Å². The van der Waals surface area contributed by atoms with Crippen LogP contribution in [-0.2, 0) is 32.0 Å². The van der Waals surface area contributed by atoms with Gasteiger partial charge in [0, 0.05) is 34.0 Å². The van der Waals surface area contributed by atoms with Gasteiger partial charge in [-0.3, -0.25) is 4.99 Å². The number of phenolic OH excluding ortho intramolecular Hbond substituents is 1. The minimum Gasteiger partial charge on any atom is -0.507 e. The van der Waals surface area contributed by atoms with Gasteiger partial charge in [-0.2, -0.15) is 0 Å². The van der Waals surface area contributed by atoms with Crippen LogP contribution in [0.1, 0.15) is 139 Å². The second kappa shape index (κ2) is 13.8. The SMILES string of the molecule is COC(=O)c1ccc(O)c(C=NC(C)C(O)(c2cc(C(C)(C)C)c(OC)c(C(C)(C)C)c2)c2cc(C(C)(C)C)c(OC)c(C(C)(C)C)c2)c1. The Kier molecular flexibility index (Phi) is 11.2. The number of rotatable bonds is 8. The lowest BCUT2D eigenvalue weighted by molar-refractivity contribution is 0.0580. The Morgan fingerprint density at radius 2 is 1.04 bits per heavy atom. The molecule has 49 heavy (non-hydrogen) atoms. The summed E-state index contributed by atoms with van der Waals surface area (Å²) in [5, 5.41) is 24.2. The van der Waals surface area contributed by atoms with Crippen molar-refractivity contribution in [1.29, 1.82) is 0 Å². The van der Waals surface area contributed by atoms with Gasteiger partial charge < -0.3 is 24.4 Å². The Bertz CT molecular complexity index is 1550. The zero-order valence-corrected chi connectivity index (χ0v) is 32.7. The van der Waals surface area contributed by atoms with Crippen LogP contribution in [0, 0.1) is 0 Å². The largest absolute Gasteiger partial charge is 0.507 e. The molecule has 7 nitrogen and oxygen atoms in total. The molecule has 3 rings (SSSR count). The van der Waals surface area contributed by atoms with Crippen molar-refractivity contribution in [2.45, 2.75) is 123 Å². The Morgan fingerprint density at radius 1 is 0.673 bits per heavy atom. The lowest BCUT2D eigenvalue weighted by Gasteiger charge is -2.39. The Balaban J connectivity index is 2.55. The van der Waals surface area contributed by atoms with Gasteiger partial charge in [-0.15, -0.1) is 0 Å². The first kappa shape index (κ1) is 39.6. The molecule has 3 aromatic rings. The van der Waals surface area contributed by atoms with E-state index in [2.05, 4.69) is 83.1 Å². The van der Waals surface area contributed by atoms with Crippen LogP contribution in [0.5, 0.6) is 17.2 Å². The third kappa shape index (κ3) is 8.15. The highest BCUT2D eigenvalue weighted by Gasteiger charge is 2.43. The van der Waals surface area contributed by atoms with Gasteiger partial charge in [-0.05, 0) is 82.2 Å². The van der Waals surface area contributed by atoms with E-state index in [0.717, 1.165) is 33.8 Å². The topological polar surface area (TPSA) is 97.6 Å². The predicted octanol–water partition coefficient (Wildman–Crippen LogP) is 9.13. The summed E-state index contributed by atoms with van der Waals surface area (Å²) in [6.07, 6.45) is 1.51. The number of esters is 1. The number of phenols is 1. The number of hydrogen-bond acceptors (Lipinski definition) is 7. The number of hydrogen-bond donors (Lipinski definition) is 2. The molecule has 0 saturated carbocycles. The first-order valence-electron chi connectivity index (χ1n) is 17.0. The van der Waals surface area contributed by atoms with Gasteiger partial charge >= 0.3 is 5.97 Å². The van der Waals surface area contributed by atoms with Crippen LogP contribution in [0.25, 0.3) is 0 Å². The fourth-order valence-corrected chi connectivity index (χ4v) is 6.22. The molecule has 0 radical (unpaired) electrons. The molecular formula is C42H59NO6. The van der Waals surface area contributed by atoms with Gasteiger partial charge in [0.15, 0.2) is 0 Å². The van der Waals surface area contributed by atoms with Crippen LogP contribution < -0.4 is 9.47 Å². The van der Waals surface area contributed by atoms with Gasteiger partial charge in [-0.1, -0.05) is 83.1 Å². The molecule has 0 aliphatic heterocycles. The van der Waals surface area contributed by atoms with Gasteiger partial charge in [0.1, 0.15) is 22.8 Å². The number of benzene rings is 3. The summed E-state index contributed by atoms with van der Waals surface area (Å²) in [6, 6.07) is 11.9. The summed E-state index contributed by atoms with van der Waals surface area (Å²) in [5.74, 6) is 1.03. The third-order valence-corrected chi connectivity index (χ3v) is 9.19. The van der Waals surface area contributed by atoms with E-state index in [-0.39, 0.29) is 33.0 Å². The smallest absolute Gasteiger partial charge is 0.337 e. The molecule has 0 aliphatic carbocycles. The summed E-state index contributed by atoms with van der Waals surface area (Å²) < 4.78 is 17.1. The number of carbonyl (C=O) groups is 1. The molecule has 268 valence electrons. The summed E-state index contributed by atoms with van der Waals surface area (Å²) >= 11 is 0. The van der Waals surface area contributed by atoms with E-state index in [1.807, 2.05) is 31.2 Å². The first-order valence-corrected chi connectivity index (χ1v) is 17.0. The molecule has 0 heterocycles. The standard InChI is InChI=1S/C42H59NO6/c1-25(43-24-27-19-26(37(45)49-16)17-18-34(27)44)42(46,28-20-30(38(2,3)4)35(47-14)31(21-28)39(5,6)7)29-22-32(40(8,9)10)36(48-15)33(23-29)41(11,12)13/h17-25,44,46H,1-16H3. The number of methoxy groups -OCH3 is 3. The average molecular weight is 674 g/mol. The Labute approximate surface area is 294 Å². The molecule has 0 aromatic heterocycles. The van der Waals surface area contributed by atoms with Crippen molar-refractivity contribution in [2.24, 2.45) is 4.99 Å². The van der Waals surface area contributed by atoms with Crippen LogP contribution in [-0.4, -0.2) is 49.8 Å². The van der Waals surface area contributed by atoms with Gasteiger partial charge in [-0.25, -0.2) is 4.79 Å². The van der Waals surface area contributed by atoms with E-state index < -0.39 is 17.6 Å². The minimum absolute atomic E-state index is 0.0453. The highest BCUT2D eigenvalue weighted by atomic mass is 16.5. The van der Waals surface area contributed by atoms with E-state index >= 15 is 0 Å². The maximum atomic E-state index is 13.5. The average Bonchev–Trinajstić information content (AvgIpc) is 3.00. The van der Waals surface area contributed by atoms with Crippen molar-refractivity contribution in [3.05, 3.63) is 87.0 Å². The van der Waals surface area contributed by atoms with Crippen molar-refractivity contribution in [1.82, 2.24) is 0 Å². The molecule has 0 spiro atoms. The molecular weight excluding hydrogens is 614 g/mol. The molecule has 0 bridgehead atoms. The number of aromatic hydroxyl groups is 1. The van der Waals surface area contributed by atoms with Crippen LogP contribution >= 0.6 is 0 Å². The number of nitrogens with zero attached hydrogens (tertiary/aromatic N) is 1. The number of ether oxygens (including phenoxy) is 3. The highest BCUT2D eigenvalue weighted by molar-refractivity contribution is 5.93. The van der Waals surface area contributed by atoms with E-state index in [1.54, 1.807) is 14.2 Å². The minimum atomic E-state index is -1.66. The fourth-order valence-electron chi connectivity index (χ4n) is 6.22. The third-order valence-electron chi connectivity index (χ3n) is 9.19. The lowest BCUT2D eigenvalue weighted by Crippen LogP contribution is -2.39. The fraction of sp³-hybridized carbons (Fsp3) is 0.524. The van der Waals surface area contributed by atoms with Crippen molar-refractivity contribution in [2.75, 3.05) is 21.3 Å². The van der Waals surface area contributed by atoms with Crippen molar-refractivity contribution in [3.8, 4) is 17.2 Å². The normalized spacial score (nSPS) is 13.8. The van der Waals surface area contributed by atoms with Crippen LogP contribution in [0.2, 0.25) is 0 Å². The monoisotopic (exact) mass is 673 g/mol. The van der Waals surface area contributed by atoms with E-state index in [1.165, 1.54) is 31.5 Å². The zero-order valence-electron chi connectivity index (χ0n) is 32.7. The maximum Gasteiger partial charge on any atom is 0.337 e. The zero-order chi connectivity index (χ0) is 37.5.